The number of nitrogens with zero attached hydrogens (tertiary/aromatic N) is 2. The molecule has 0 radical (unpaired) electrons. The van der Waals surface area contributed by atoms with Crippen LogP contribution in [0.3, 0.4) is 0 Å². The molecular weight excluding hydrogens is 344 g/mol. The average Bonchev–Trinajstić information content (AvgIpc) is 3.38. The Bertz CT molecular complexity index is 781. The maximum atomic E-state index is 13.2. The van der Waals surface area contributed by atoms with E-state index in [1.165, 1.54) is 31.5 Å². The minimum Gasteiger partial charge on any atom is -0.497 e. The van der Waals surface area contributed by atoms with Crippen LogP contribution >= 0.6 is 11.3 Å². The van der Waals surface area contributed by atoms with Crippen molar-refractivity contribution in [3.63, 3.8) is 0 Å². The van der Waals surface area contributed by atoms with E-state index < -0.39 is 0 Å². The summed E-state index contributed by atoms with van der Waals surface area (Å²) < 4.78 is 5.32. The van der Waals surface area contributed by atoms with Gasteiger partial charge in [0.05, 0.1) is 18.7 Å². The number of likely N-dealkylation sites (tertiary alicyclic amines) is 1. The molecule has 0 unspecified atom stereocenters. The lowest BCUT2D eigenvalue weighted by molar-refractivity contribution is -0.00339. The number of fused-ring (bicyclic) bond motifs is 2. The smallest absolute Gasteiger partial charge is 0.255 e. The monoisotopic (exact) mass is 368 g/mol. The van der Waals surface area contributed by atoms with Gasteiger partial charge in [-0.2, -0.15) is 11.3 Å². The van der Waals surface area contributed by atoms with Gasteiger partial charge in [-0.3, -0.25) is 9.69 Å². The van der Waals surface area contributed by atoms with E-state index in [4.69, 9.17) is 4.74 Å². The first-order valence-corrected chi connectivity index (χ1v) is 10.4. The molecule has 0 saturated carbocycles. The van der Waals surface area contributed by atoms with Gasteiger partial charge in [-0.15, -0.1) is 0 Å². The van der Waals surface area contributed by atoms with Gasteiger partial charge in [-0.05, 0) is 61.0 Å². The van der Waals surface area contributed by atoms with Crippen LogP contribution in [0.2, 0.25) is 0 Å². The second-order valence-corrected chi connectivity index (χ2v) is 8.48. The standard InChI is InChI=1S/C21H24N2O2S/c1-25-17-4-2-14(3-5-17)18-12-23(21(24)16-8-11-26-13-16)19-15-6-9-22(10-7-15)20(18)19/h2-5,8,11,13,15,18-20H,6-7,9-10,12H2,1H3/t18-,19+,20+/m0/s1. The first-order chi connectivity index (χ1) is 12.8. The van der Waals surface area contributed by atoms with Crippen LogP contribution in [-0.4, -0.2) is 54.5 Å². The van der Waals surface area contributed by atoms with Gasteiger partial charge in [-0.1, -0.05) is 12.1 Å². The predicted molar refractivity (Wildman–Crippen MR) is 103 cm³/mol. The van der Waals surface area contributed by atoms with E-state index in [1.54, 1.807) is 18.4 Å². The number of carbonyl (C=O) groups is 1. The molecule has 5 heteroatoms. The first kappa shape index (κ1) is 16.3. The van der Waals surface area contributed by atoms with E-state index in [0.717, 1.165) is 17.9 Å². The van der Waals surface area contributed by atoms with E-state index in [9.17, 15) is 4.79 Å². The van der Waals surface area contributed by atoms with Crippen molar-refractivity contribution in [2.75, 3.05) is 26.7 Å². The quantitative estimate of drug-likeness (QED) is 0.832. The number of amides is 1. The van der Waals surface area contributed by atoms with Crippen LogP contribution in [0.5, 0.6) is 5.75 Å². The zero-order chi connectivity index (χ0) is 17.7. The van der Waals surface area contributed by atoms with Crippen molar-refractivity contribution < 1.29 is 9.53 Å². The Labute approximate surface area is 158 Å². The molecule has 0 aliphatic carbocycles. The summed E-state index contributed by atoms with van der Waals surface area (Å²) in [4.78, 5) is 18.0. The van der Waals surface area contributed by atoms with Crippen LogP contribution in [0.15, 0.2) is 41.1 Å². The normalized spacial score (nSPS) is 32.5. The summed E-state index contributed by atoms with van der Waals surface area (Å²) in [7, 11) is 1.70. The predicted octanol–water partition coefficient (Wildman–Crippen LogP) is 3.46. The van der Waals surface area contributed by atoms with E-state index in [2.05, 4.69) is 21.9 Å². The molecule has 4 saturated heterocycles. The molecule has 1 aromatic heterocycles. The van der Waals surface area contributed by atoms with Crippen molar-refractivity contribution in [2.24, 2.45) is 5.92 Å². The zero-order valence-electron chi connectivity index (χ0n) is 15.0. The van der Waals surface area contributed by atoms with Crippen LogP contribution in [0.4, 0.5) is 0 Å². The van der Waals surface area contributed by atoms with Crippen molar-refractivity contribution >= 4 is 17.2 Å². The Kier molecular flexibility index (Phi) is 4.02. The Morgan fingerprint density at radius 3 is 2.54 bits per heavy atom. The highest BCUT2D eigenvalue weighted by Gasteiger charge is 2.54. The summed E-state index contributed by atoms with van der Waals surface area (Å²) in [5.74, 6) is 2.14. The van der Waals surface area contributed by atoms with Gasteiger partial charge in [0.1, 0.15) is 5.75 Å². The molecule has 6 rings (SSSR count). The summed E-state index contributed by atoms with van der Waals surface area (Å²) in [5.41, 5.74) is 2.18. The SMILES string of the molecule is COc1ccc([C@@H]2CN(C(=O)c3ccsc3)[C@@H]3C4CCN(CC4)[C@@H]32)cc1. The van der Waals surface area contributed by atoms with Gasteiger partial charge in [0.2, 0.25) is 0 Å². The highest BCUT2D eigenvalue weighted by molar-refractivity contribution is 7.08. The van der Waals surface area contributed by atoms with Gasteiger partial charge < -0.3 is 9.64 Å². The third-order valence-electron chi connectivity index (χ3n) is 6.57. The van der Waals surface area contributed by atoms with Gasteiger partial charge in [-0.25, -0.2) is 0 Å². The van der Waals surface area contributed by atoms with Crippen molar-refractivity contribution in [3.05, 3.63) is 52.2 Å². The number of benzene rings is 1. The van der Waals surface area contributed by atoms with Gasteiger partial charge >= 0.3 is 0 Å². The van der Waals surface area contributed by atoms with E-state index in [0.29, 0.717) is 23.9 Å². The van der Waals surface area contributed by atoms with Crippen LogP contribution in [0.25, 0.3) is 0 Å². The molecule has 26 heavy (non-hydrogen) atoms. The molecule has 0 spiro atoms. The van der Waals surface area contributed by atoms with Crippen molar-refractivity contribution in [3.8, 4) is 5.75 Å². The van der Waals surface area contributed by atoms with Crippen molar-refractivity contribution in [1.82, 2.24) is 9.80 Å². The van der Waals surface area contributed by atoms with E-state index in [-0.39, 0.29) is 5.91 Å². The second kappa shape index (κ2) is 6.39. The minimum absolute atomic E-state index is 0.214. The zero-order valence-corrected chi connectivity index (χ0v) is 15.8. The van der Waals surface area contributed by atoms with Gasteiger partial charge in [0.15, 0.2) is 0 Å². The number of ether oxygens (including phenoxy) is 1. The van der Waals surface area contributed by atoms with Crippen LogP contribution < -0.4 is 4.74 Å². The number of hydrogen-bond donors (Lipinski definition) is 0. The van der Waals surface area contributed by atoms with Crippen molar-refractivity contribution in [2.45, 2.75) is 30.8 Å². The lowest BCUT2D eigenvalue weighted by Gasteiger charge is -2.51. The van der Waals surface area contributed by atoms with E-state index >= 15 is 0 Å². The molecule has 4 aliphatic heterocycles. The lowest BCUT2D eigenvalue weighted by atomic mass is 9.75. The molecule has 4 fully saturated rings. The van der Waals surface area contributed by atoms with Crippen LogP contribution in [0.1, 0.15) is 34.7 Å². The molecule has 2 aromatic rings. The van der Waals surface area contributed by atoms with E-state index in [1.807, 2.05) is 29.0 Å². The molecular formula is C21H24N2O2S. The fourth-order valence-electron chi connectivity index (χ4n) is 5.35. The molecule has 136 valence electrons. The maximum absolute atomic E-state index is 13.2. The number of carbonyl (C=O) groups excluding carboxylic acids is 1. The molecule has 3 atom stereocenters. The number of hydrogen-bond acceptors (Lipinski definition) is 4. The maximum Gasteiger partial charge on any atom is 0.255 e. The molecule has 4 aliphatic rings. The topological polar surface area (TPSA) is 32.8 Å². The lowest BCUT2D eigenvalue weighted by Crippen LogP contribution is -2.60. The Morgan fingerprint density at radius 1 is 1.12 bits per heavy atom. The van der Waals surface area contributed by atoms with Crippen molar-refractivity contribution in [1.29, 1.82) is 0 Å². The molecule has 5 heterocycles. The first-order valence-electron chi connectivity index (χ1n) is 9.47. The molecule has 0 N–H and O–H groups in total. The third-order valence-corrected chi connectivity index (χ3v) is 7.25. The number of methoxy groups -OCH3 is 1. The van der Waals surface area contributed by atoms with Gasteiger partial charge in [0.25, 0.3) is 5.91 Å². The fraction of sp³-hybridized carbons (Fsp3) is 0.476. The summed E-state index contributed by atoms with van der Waals surface area (Å²) in [6.45, 7) is 3.18. The van der Waals surface area contributed by atoms with Crippen LogP contribution in [-0.2, 0) is 0 Å². The summed E-state index contributed by atoms with van der Waals surface area (Å²) in [5, 5.41) is 3.98. The summed E-state index contributed by atoms with van der Waals surface area (Å²) in [6.07, 6.45) is 2.45. The average molecular weight is 369 g/mol. The second-order valence-electron chi connectivity index (χ2n) is 7.70. The minimum atomic E-state index is 0.214. The van der Waals surface area contributed by atoms with Gasteiger partial charge in [0, 0.05) is 23.9 Å². The molecule has 4 nitrogen and oxygen atoms in total. The third kappa shape index (κ3) is 2.48. The number of piperidine rings is 3. The highest BCUT2D eigenvalue weighted by atomic mass is 32.1. The Balaban J connectivity index is 1.51. The summed E-state index contributed by atoms with van der Waals surface area (Å²) >= 11 is 1.60. The Morgan fingerprint density at radius 2 is 1.88 bits per heavy atom. The molecule has 1 amide bonds. The number of thiophene rings is 1. The Hall–Kier alpha value is -1.85. The molecule has 2 bridgehead atoms. The number of rotatable bonds is 3. The highest BCUT2D eigenvalue weighted by Crippen LogP contribution is 2.47. The summed E-state index contributed by atoms with van der Waals surface area (Å²) in [6, 6.07) is 11.2. The van der Waals surface area contributed by atoms with Crippen LogP contribution in [0, 0.1) is 5.92 Å². The largest absolute Gasteiger partial charge is 0.497 e. The molecule has 1 aromatic carbocycles. The fourth-order valence-corrected chi connectivity index (χ4v) is 5.98.